The molecule has 0 saturated carbocycles. The standard InChI is InChI=1S/C24H41NO6S.ClH/c1-5-32(27,28)18-15-25-24(26)20(2)11-8-6-7-9-12-21-13-14-22(30-4)23(19-21)31-17-10-16-29-3;/h13-14,19-20H,5-12,15-18H2,1-4H3,(H,25,26);1H/t20-;/m1./s1. The van der Waals surface area contributed by atoms with Crippen molar-refractivity contribution in [3.63, 3.8) is 0 Å². The molecule has 0 aliphatic carbocycles. The van der Waals surface area contributed by atoms with Crippen molar-refractivity contribution in [1.29, 1.82) is 0 Å². The smallest absolute Gasteiger partial charge is 0.222 e. The number of methoxy groups -OCH3 is 2. The molecular weight excluding hydrogens is 466 g/mol. The van der Waals surface area contributed by atoms with E-state index >= 15 is 0 Å². The lowest BCUT2D eigenvalue weighted by Crippen LogP contribution is -2.33. The number of unbranched alkanes of at least 4 members (excludes halogenated alkanes) is 3. The van der Waals surface area contributed by atoms with Crippen molar-refractivity contribution in [2.24, 2.45) is 5.92 Å². The van der Waals surface area contributed by atoms with Crippen molar-refractivity contribution in [3.05, 3.63) is 23.8 Å². The third kappa shape index (κ3) is 13.7. The molecule has 0 aliphatic heterocycles. The minimum absolute atomic E-state index is 0. The molecule has 33 heavy (non-hydrogen) atoms. The number of rotatable bonds is 18. The molecule has 1 amide bonds. The molecule has 0 saturated heterocycles. The van der Waals surface area contributed by atoms with Gasteiger partial charge in [0.25, 0.3) is 0 Å². The van der Waals surface area contributed by atoms with Crippen LogP contribution in [0, 0.1) is 5.92 Å². The molecule has 192 valence electrons. The van der Waals surface area contributed by atoms with Crippen molar-refractivity contribution in [1.82, 2.24) is 5.32 Å². The molecule has 1 aromatic rings. The highest BCUT2D eigenvalue weighted by Crippen LogP contribution is 2.29. The Hall–Kier alpha value is -1.51. The lowest BCUT2D eigenvalue weighted by Gasteiger charge is -2.13. The molecule has 0 unspecified atom stereocenters. The van der Waals surface area contributed by atoms with Crippen molar-refractivity contribution < 1.29 is 27.4 Å². The van der Waals surface area contributed by atoms with Gasteiger partial charge in [0.15, 0.2) is 21.3 Å². The number of carbonyl (C=O) groups excluding carboxylic acids is 1. The molecule has 0 aliphatic rings. The molecule has 1 rings (SSSR count). The maximum atomic E-state index is 12.1. The second-order valence-corrected chi connectivity index (χ2v) is 10.5. The quantitative estimate of drug-likeness (QED) is 0.299. The fourth-order valence-electron chi connectivity index (χ4n) is 3.29. The Morgan fingerprint density at radius 3 is 2.42 bits per heavy atom. The Morgan fingerprint density at radius 1 is 1.03 bits per heavy atom. The van der Waals surface area contributed by atoms with Crippen LogP contribution in [0.15, 0.2) is 18.2 Å². The van der Waals surface area contributed by atoms with Crippen LogP contribution in [-0.4, -0.2) is 59.8 Å². The monoisotopic (exact) mass is 507 g/mol. The number of benzene rings is 1. The van der Waals surface area contributed by atoms with Crippen LogP contribution in [0.4, 0.5) is 0 Å². The van der Waals surface area contributed by atoms with Crippen molar-refractivity contribution in [2.45, 2.75) is 58.8 Å². The van der Waals surface area contributed by atoms with Crippen LogP contribution in [0.25, 0.3) is 0 Å². The van der Waals surface area contributed by atoms with Gasteiger partial charge in [-0.15, -0.1) is 12.4 Å². The molecule has 0 fully saturated rings. The van der Waals surface area contributed by atoms with Gasteiger partial charge in [-0.3, -0.25) is 4.79 Å². The average molecular weight is 508 g/mol. The van der Waals surface area contributed by atoms with Crippen LogP contribution in [0.5, 0.6) is 11.5 Å². The van der Waals surface area contributed by atoms with Gasteiger partial charge in [0.1, 0.15) is 0 Å². The molecular formula is C24H42ClNO6S. The minimum atomic E-state index is -3.04. The summed E-state index contributed by atoms with van der Waals surface area (Å²) in [5.41, 5.74) is 1.22. The third-order valence-corrected chi connectivity index (χ3v) is 7.14. The first kappa shape index (κ1) is 31.5. The van der Waals surface area contributed by atoms with E-state index in [4.69, 9.17) is 14.2 Å². The van der Waals surface area contributed by atoms with E-state index in [1.807, 2.05) is 13.0 Å². The Labute approximate surface area is 206 Å². The van der Waals surface area contributed by atoms with Gasteiger partial charge < -0.3 is 19.5 Å². The molecule has 9 heteroatoms. The van der Waals surface area contributed by atoms with Crippen LogP contribution in [0.1, 0.15) is 57.9 Å². The van der Waals surface area contributed by atoms with Crippen LogP contribution in [-0.2, 0) is 25.8 Å². The number of amides is 1. The molecule has 0 radical (unpaired) electrons. The van der Waals surface area contributed by atoms with E-state index < -0.39 is 9.84 Å². The highest BCUT2D eigenvalue weighted by atomic mass is 35.5. The van der Waals surface area contributed by atoms with E-state index in [1.54, 1.807) is 21.1 Å². The van der Waals surface area contributed by atoms with E-state index in [2.05, 4.69) is 17.4 Å². The molecule has 0 aromatic heterocycles. The van der Waals surface area contributed by atoms with E-state index in [9.17, 15) is 13.2 Å². The van der Waals surface area contributed by atoms with Gasteiger partial charge in [0.05, 0.1) is 19.5 Å². The molecule has 0 spiro atoms. The number of carbonyl (C=O) groups is 1. The zero-order valence-electron chi connectivity index (χ0n) is 20.6. The molecule has 1 atom stereocenters. The molecule has 0 bridgehead atoms. The third-order valence-electron chi connectivity index (χ3n) is 5.43. The SMILES string of the molecule is CCS(=O)(=O)CCNC(=O)[C@H](C)CCCCCCc1ccc(OC)c(OCCCOC)c1.Cl. The summed E-state index contributed by atoms with van der Waals surface area (Å²) in [6.45, 7) is 4.97. The zero-order chi connectivity index (χ0) is 23.8. The predicted octanol–water partition coefficient (Wildman–Crippen LogP) is 4.21. The summed E-state index contributed by atoms with van der Waals surface area (Å²) in [6.07, 6.45) is 6.84. The summed E-state index contributed by atoms with van der Waals surface area (Å²) in [5.74, 6) is 1.47. The second kappa shape index (κ2) is 17.9. The van der Waals surface area contributed by atoms with Crippen LogP contribution in [0.3, 0.4) is 0 Å². The number of sulfone groups is 1. The van der Waals surface area contributed by atoms with Crippen molar-refractivity contribution >= 4 is 28.2 Å². The fraction of sp³-hybridized carbons (Fsp3) is 0.708. The predicted molar refractivity (Wildman–Crippen MR) is 136 cm³/mol. The molecule has 1 aromatic carbocycles. The summed E-state index contributed by atoms with van der Waals surface area (Å²) >= 11 is 0. The van der Waals surface area contributed by atoms with E-state index in [0.717, 1.165) is 56.4 Å². The van der Waals surface area contributed by atoms with Gasteiger partial charge in [-0.1, -0.05) is 39.2 Å². The Morgan fingerprint density at radius 2 is 1.76 bits per heavy atom. The first-order chi connectivity index (χ1) is 15.3. The van der Waals surface area contributed by atoms with Gasteiger partial charge in [0.2, 0.25) is 5.91 Å². The maximum Gasteiger partial charge on any atom is 0.222 e. The zero-order valence-corrected chi connectivity index (χ0v) is 22.2. The van der Waals surface area contributed by atoms with Gasteiger partial charge in [-0.05, 0) is 37.0 Å². The van der Waals surface area contributed by atoms with Gasteiger partial charge in [-0.25, -0.2) is 8.42 Å². The second-order valence-electron chi connectivity index (χ2n) is 8.06. The molecule has 1 N–H and O–H groups in total. The summed E-state index contributed by atoms with van der Waals surface area (Å²) in [7, 11) is 0.285. The highest BCUT2D eigenvalue weighted by Gasteiger charge is 2.14. The van der Waals surface area contributed by atoms with Crippen LogP contribution < -0.4 is 14.8 Å². The van der Waals surface area contributed by atoms with Crippen molar-refractivity contribution in [3.8, 4) is 11.5 Å². The number of aryl methyl sites for hydroxylation is 1. The highest BCUT2D eigenvalue weighted by molar-refractivity contribution is 7.91. The summed E-state index contributed by atoms with van der Waals surface area (Å²) < 4.78 is 39.2. The minimum Gasteiger partial charge on any atom is -0.493 e. The molecule has 7 nitrogen and oxygen atoms in total. The number of ether oxygens (including phenoxy) is 3. The van der Waals surface area contributed by atoms with E-state index in [-0.39, 0.29) is 42.3 Å². The van der Waals surface area contributed by atoms with E-state index in [1.165, 1.54) is 5.56 Å². The van der Waals surface area contributed by atoms with Gasteiger partial charge in [-0.2, -0.15) is 0 Å². The normalized spacial score (nSPS) is 12.0. The number of hydrogen-bond donors (Lipinski definition) is 1. The summed E-state index contributed by atoms with van der Waals surface area (Å²) in [5, 5.41) is 2.74. The van der Waals surface area contributed by atoms with Crippen molar-refractivity contribution in [2.75, 3.05) is 45.5 Å². The summed E-state index contributed by atoms with van der Waals surface area (Å²) in [6, 6.07) is 6.08. The lowest BCUT2D eigenvalue weighted by molar-refractivity contribution is -0.124. The maximum absolute atomic E-state index is 12.1. The topological polar surface area (TPSA) is 90.9 Å². The van der Waals surface area contributed by atoms with Crippen LogP contribution >= 0.6 is 12.4 Å². The van der Waals surface area contributed by atoms with E-state index in [0.29, 0.717) is 13.2 Å². The van der Waals surface area contributed by atoms with Crippen LogP contribution in [0.2, 0.25) is 0 Å². The average Bonchev–Trinajstić information content (AvgIpc) is 2.78. The Balaban J connectivity index is 0.0000102. The largest absolute Gasteiger partial charge is 0.493 e. The molecule has 0 heterocycles. The number of nitrogens with one attached hydrogen (secondary N) is 1. The summed E-state index contributed by atoms with van der Waals surface area (Å²) in [4.78, 5) is 12.1. The Bertz CT molecular complexity index is 772. The number of hydrogen-bond acceptors (Lipinski definition) is 6. The van der Waals surface area contributed by atoms with Gasteiger partial charge >= 0.3 is 0 Å². The number of halogens is 1. The Kier molecular flexibility index (Phi) is 17.1. The first-order valence-corrected chi connectivity index (χ1v) is 13.4. The van der Waals surface area contributed by atoms with Gasteiger partial charge in [0, 0.05) is 38.4 Å². The fourth-order valence-corrected chi connectivity index (χ4v) is 3.99. The first-order valence-electron chi connectivity index (χ1n) is 11.6. The lowest BCUT2D eigenvalue weighted by atomic mass is 10.00.